The lowest BCUT2D eigenvalue weighted by Crippen LogP contribution is -2.33. The van der Waals surface area contributed by atoms with Gasteiger partial charge in [-0.2, -0.15) is 5.10 Å². The van der Waals surface area contributed by atoms with Crippen molar-refractivity contribution >= 4 is 11.6 Å². The predicted molar refractivity (Wildman–Crippen MR) is 108 cm³/mol. The van der Waals surface area contributed by atoms with Gasteiger partial charge in [0, 0.05) is 17.3 Å². The lowest BCUT2D eigenvalue weighted by Gasteiger charge is -2.15. The van der Waals surface area contributed by atoms with E-state index in [1.807, 2.05) is 54.6 Å². The molecule has 3 aromatic rings. The zero-order chi connectivity index (χ0) is 19.4. The Bertz CT molecular complexity index is 976. The van der Waals surface area contributed by atoms with Crippen molar-refractivity contribution in [2.24, 2.45) is 0 Å². The molecule has 27 heavy (non-hydrogen) atoms. The van der Waals surface area contributed by atoms with Crippen LogP contribution in [0.25, 0.3) is 11.3 Å². The molecule has 0 fully saturated rings. The molecule has 5 nitrogen and oxygen atoms in total. The Kier molecular flexibility index (Phi) is 5.50. The van der Waals surface area contributed by atoms with Crippen LogP contribution in [-0.4, -0.2) is 15.7 Å². The van der Waals surface area contributed by atoms with Gasteiger partial charge in [-0.05, 0) is 36.6 Å². The van der Waals surface area contributed by atoms with Crippen molar-refractivity contribution in [1.82, 2.24) is 9.78 Å². The Labute approximate surface area is 158 Å². The van der Waals surface area contributed by atoms with E-state index in [0.717, 1.165) is 5.56 Å². The summed E-state index contributed by atoms with van der Waals surface area (Å²) in [4.78, 5) is 24.9. The van der Waals surface area contributed by atoms with Gasteiger partial charge in [0.1, 0.15) is 6.04 Å². The maximum Gasteiger partial charge on any atom is 0.267 e. The Hall–Kier alpha value is -3.21. The molecule has 1 atom stereocenters. The molecule has 0 aliphatic carbocycles. The summed E-state index contributed by atoms with van der Waals surface area (Å²) in [5.74, 6) is 0.143. The number of carbonyl (C=O) groups is 1. The first-order valence-corrected chi connectivity index (χ1v) is 9.02. The maximum atomic E-state index is 12.6. The van der Waals surface area contributed by atoms with Gasteiger partial charge in [0.05, 0.1) is 5.69 Å². The van der Waals surface area contributed by atoms with E-state index in [1.165, 1.54) is 16.3 Å². The van der Waals surface area contributed by atoms with Crippen molar-refractivity contribution < 1.29 is 4.79 Å². The molecule has 1 heterocycles. The van der Waals surface area contributed by atoms with Gasteiger partial charge in [-0.25, -0.2) is 4.68 Å². The zero-order valence-electron chi connectivity index (χ0n) is 15.7. The molecule has 1 aromatic heterocycles. The minimum absolute atomic E-state index is 0.285. The molecule has 0 radical (unpaired) electrons. The van der Waals surface area contributed by atoms with Gasteiger partial charge < -0.3 is 5.32 Å². The molecule has 2 aromatic carbocycles. The molecule has 0 spiro atoms. The Morgan fingerprint density at radius 2 is 1.59 bits per heavy atom. The average molecular weight is 361 g/mol. The first-order chi connectivity index (χ1) is 13.0. The van der Waals surface area contributed by atoms with Crippen molar-refractivity contribution in [3.05, 3.63) is 82.6 Å². The summed E-state index contributed by atoms with van der Waals surface area (Å²) in [6.07, 6.45) is 0. The second kappa shape index (κ2) is 7.99. The van der Waals surface area contributed by atoms with Crippen molar-refractivity contribution in [3.8, 4) is 11.3 Å². The number of benzene rings is 2. The maximum absolute atomic E-state index is 12.6. The van der Waals surface area contributed by atoms with Crippen molar-refractivity contribution in [3.63, 3.8) is 0 Å². The number of amides is 1. The smallest absolute Gasteiger partial charge is 0.267 e. The average Bonchev–Trinajstić information content (AvgIpc) is 2.69. The number of anilines is 1. The monoisotopic (exact) mass is 361 g/mol. The van der Waals surface area contributed by atoms with E-state index in [1.54, 1.807) is 13.0 Å². The van der Waals surface area contributed by atoms with Gasteiger partial charge in [-0.3, -0.25) is 9.59 Å². The molecule has 5 heteroatoms. The summed E-state index contributed by atoms with van der Waals surface area (Å²) in [5, 5.41) is 7.24. The van der Waals surface area contributed by atoms with E-state index in [9.17, 15) is 9.59 Å². The molecule has 138 valence electrons. The number of carbonyl (C=O) groups excluding carboxylic acids is 1. The summed E-state index contributed by atoms with van der Waals surface area (Å²) in [6.45, 7) is 5.90. The van der Waals surface area contributed by atoms with Crippen LogP contribution in [0, 0.1) is 0 Å². The fourth-order valence-corrected chi connectivity index (χ4v) is 2.77. The third kappa shape index (κ3) is 4.31. The Morgan fingerprint density at radius 3 is 2.22 bits per heavy atom. The number of rotatable bonds is 5. The second-order valence-electron chi connectivity index (χ2n) is 6.81. The predicted octanol–water partition coefficient (Wildman–Crippen LogP) is 4.23. The lowest BCUT2D eigenvalue weighted by atomic mass is 10.0. The second-order valence-corrected chi connectivity index (χ2v) is 6.81. The number of nitrogens with one attached hydrogen (secondary N) is 1. The van der Waals surface area contributed by atoms with Crippen LogP contribution in [0.3, 0.4) is 0 Å². The SMILES string of the molecule is CC(C)c1ccc(NC(=O)C(C)n2nc(-c3ccccc3)ccc2=O)cc1. The van der Waals surface area contributed by atoms with Gasteiger partial charge in [-0.1, -0.05) is 56.3 Å². The highest BCUT2D eigenvalue weighted by atomic mass is 16.2. The fraction of sp³-hybridized carbons (Fsp3) is 0.227. The summed E-state index contributed by atoms with van der Waals surface area (Å²) in [6, 6.07) is 19.7. The van der Waals surface area contributed by atoms with E-state index in [0.29, 0.717) is 17.3 Å². The fourth-order valence-electron chi connectivity index (χ4n) is 2.77. The van der Waals surface area contributed by atoms with Gasteiger partial charge >= 0.3 is 0 Å². The molecule has 1 N–H and O–H groups in total. The first-order valence-electron chi connectivity index (χ1n) is 9.02. The van der Waals surface area contributed by atoms with E-state index >= 15 is 0 Å². The molecule has 1 unspecified atom stereocenters. The highest BCUT2D eigenvalue weighted by Crippen LogP contribution is 2.19. The molecule has 0 aliphatic heterocycles. The lowest BCUT2D eigenvalue weighted by molar-refractivity contribution is -0.119. The third-order valence-corrected chi connectivity index (χ3v) is 4.49. The van der Waals surface area contributed by atoms with E-state index in [2.05, 4.69) is 24.3 Å². The van der Waals surface area contributed by atoms with Crippen LogP contribution >= 0.6 is 0 Å². The van der Waals surface area contributed by atoms with Crippen molar-refractivity contribution in [2.45, 2.75) is 32.7 Å². The molecule has 0 saturated carbocycles. The molecule has 0 saturated heterocycles. The largest absolute Gasteiger partial charge is 0.324 e. The van der Waals surface area contributed by atoms with Crippen LogP contribution in [0.1, 0.15) is 38.3 Å². The van der Waals surface area contributed by atoms with Gasteiger partial charge in [0.2, 0.25) is 5.91 Å². The van der Waals surface area contributed by atoms with Crippen molar-refractivity contribution in [2.75, 3.05) is 5.32 Å². The first kappa shape index (κ1) is 18.6. The van der Waals surface area contributed by atoms with Crippen LogP contribution in [0.2, 0.25) is 0 Å². The van der Waals surface area contributed by atoms with Gasteiger partial charge in [-0.15, -0.1) is 0 Å². The minimum Gasteiger partial charge on any atom is -0.324 e. The summed E-state index contributed by atoms with van der Waals surface area (Å²) in [5.41, 5.74) is 3.13. The molecule has 0 bridgehead atoms. The van der Waals surface area contributed by atoms with Crippen LogP contribution in [-0.2, 0) is 4.79 Å². The van der Waals surface area contributed by atoms with E-state index in [-0.39, 0.29) is 11.5 Å². The Balaban J connectivity index is 1.81. The van der Waals surface area contributed by atoms with Crippen LogP contribution < -0.4 is 10.9 Å². The minimum atomic E-state index is -0.731. The van der Waals surface area contributed by atoms with Crippen LogP contribution in [0.5, 0.6) is 0 Å². The topological polar surface area (TPSA) is 64.0 Å². The number of hydrogen-bond donors (Lipinski definition) is 1. The van der Waals surface area contributed by atoms with E-state index < -0.39 is 6.04 Å². The molecular weight excluding hydrogens is 338 g/mol. The highest BCUT2D eigenvalue weighted by Gasteiger charge is 2.18. The molecule has 0 aliphatic rings. The van der Waals surface area contributed by atoms with Gasteiger partial charge in [0.25, 0.3) is 5.56 Å². The third-order valence-electron chi connectivity index (χ3n) is 4.49. The normalized spacial score (nSPS) is 12.0. The van der Waals surface area contributed by atoms with Crippen molar-refractivity contribution in [1.29, 1.82) is 0 Å². The summed E-state index contributed by atoms with van der Waals surface area (Å²) in [7, 11) is 0. The van der Waals surface area contributed by atoms with Crippen LogP contribution in [0.15, 0.2) is 71.5 Å². The highest BCUT2D eigenvalue weighted by molar-refractivity contribution is 5.93. The molecule has 1 amide bonds. The van der Waals surface area contributed by atoms with E-state index in [4.69, 9.17) is 0 Å². The zero-order valence-corrected chi connectivity index (χ0v) is 15.7. The molecular formula is C22H23N3O2. The number of nitrogens with zero attached hydrogens (tertiary/aromatic N) is 2. The van der Waals surface area contributed by atoms with Gasteiger partial charge in [0.15, 0.2) is 0 Å². The quantitative estimate of drug-likeness (QED) is 0.739. The standard InChI is InChI=1S/C22H23N3O2/c1-15(2)17-9-11-19(12-10-17)23-22(27)16(3)25-21(26)14-13-20(24-25)18-7-5-4-6-8-18/h4-16H,1-3H3,(H,23,27). The molecule has 3 rings (SSSR count). The summed E-state index contributed by atoms with van der Waals surface area (Å²) < 4.78 is 1.22. The summed E-state index contributed by atoms with van der Waals surface area (Å²) >= 11 is 0. The number of aromatic nitrogens is 2. The Morgan fingerprint density at radius 1 is 0.926 bits per heavy atom. The van der Waals surface area contributed by atoms with Crippen LogP contribution in [0.4, 0.5) is 5.69 Å². The number of hydrogen-bond acceptors (Lipinski definition) is 3.